The summed E-state index contributed by atoms with van der Waals surface area (Å²) in [5.41, 5.74) is 0. The summed E-state index contributed by atoms with van der Waals surface area (Å²) in [6.07, 6.45) is 2.84. The Hall–Kier alpha value is 0.394. The zero-order chi connectivity index (χ0) is 12.3. The molecule has 0 radical (unpaired) electrons. The molecule has 0 rings (SSSR count). The van der Waals surface area contributed by atoms with Gasteiger partial charge in [-0.25, -0.2) is 0 Å². The molecule has 0 N–H and O–H groups in total. The topological polar surface area (TPSA) is 0 Å². The molecule has 0 saturated heterocycles. The molecule has 92 valence electrons. The molecule has 0 aromatic heterocycles. The maximum atomic E-state index is 2.48. The van der Waals surface area contributed by atoms with Gasteiger partial charge in [0.15, 0.2) is 0 Å². The molecule has 0 aromatic carbocycles. The zero-order valence-corrected chi connectivity index (χ0v) is 14.3. The molecule has 0 unspecified atom stereocenters. The van der Waals surface area contributed by atoms with Crippen molar-refractivity contribution in [3.05, 3.63) is 0 Å². The van der Waals surface area contributed by atoms with E-state index in [1.165, 1.54) is 29.7 Å². The van der Waals surface area contributed by atoms with Crippen LogP contribution in [0.2, 0.25) is 45.3 Å². The van der Waals surface area contributed by atoms with E-state index in [0.717, 1.165) is 0 Å². The van der Waals surface area contributed by atoms with Crippen LogP contribution >= 0.6 is 0 Å². The second-order valence-electron chi connectivity index (χ2n) is 8.04. The van der Waals surface area contributed by atoms with E-state index in [4.69, 9.17) is 0 Å². The Kier molecular flexibility index (Phi) is 5.28. The zero-order valence-electron chi connectivity index (χ0n) is 12.3. The second kappa shape index (κ2) is 5.15. The highest BCUT2D eigenvalue weighted by molar-refractivity contribution is 6.76. The van der Waals surface area contributed by atoms with Crippen molar-refractivity contribution < 1.29 is 4.48 Å². The van der Waals surface area contributed by atoms with E-state index in [-0.39, 0.29) is 0 Å². The molecular formula is C12H32NSi2+. The average molecular weight is 247 g/mol. The molecule has 0 spiro atoms. The Bertz CT molecular complexity index is 187. The number of quaternary nitrogens is 1. The third kappa shape index (κ3) is 10.7. The van der Waals surface area contributed by atoms with E-state index in [1.807, 2.05) is 0 Å². The van der Waals surface area contributed by atoms with Gasteiger partial charge in [-0.15, -0.1) is 0 Å². The van der Waals surface area contributed by atoms with Gasteiger partial charge in [0, 0.05) is 8.07 Å². The molecule has 0 saturated carbocycles. The quantitative estimate of drug-likeness (QED) is 0.495. The van der Waals surface area contributed by atoms with Gasteiger partial charge in [-0.3, -0.25) is 0 Å². The lowest BCUT2D eigenvalue weighted by Gasteiger charge is -2.35. The van der Waals surface area contributed by atoms with E-state index in [9.17, 15) is 0 Å². The Balaban J connectivity index is 3.95. The van der Waals surface area contributed by atoms with Crippen molar-refractivity contribution in [3.8, 4) is 0 Å². The summed E-state index contributed by atoms with van der Waals surface area (Å²) in [6.45, 7) is 16.2. The molecule has 0 heterocycles. The Morgan fingerprint density at radius 2 is 1.27 bits per heavy atom. The molecule has 0 aliphatic rings. The van der Waals surface area contributed by atoms with Gasteiger partial charge in [0.1, 0.15) is 8.07 Å². The summed E-state index contributed by atoms with van der Waals surface area (Å²) in [6, 6.07) is 1.49. The summed E-state index contributed by atoms with van der Waals surface area (Å²) in [4.78, 5) is 0. The highest BCUT2D eigenvalue weighted by Crippen LogP contribution is 2.15. The molecule has 0 amide bonds. The molecule has 0 atom stereocenters. The Morgan fingerprint density at radius 3 is 1.60 bits per heavy atom. The normalized spacial score (nSPS) is 14.4. The minimum atomic E-state index is -0.905. The Labute approximate surface area is 99.5 Å². The van der Waals surface area contributed by atoms with Gasteiger partial charge in [0.25, 0.3) is 0 Å². The van der Waals surface area contributed by atoms with Crippen LogP contribution in [-0.2, 0) is 0 Å². The van der Waals surface area contributed by atoms with Crippen molar-refractivity contribution in [2.75, 3.05) is 26.8 Å². The van der Waals surface area contributed by atoms with Crippen LogP contribution < -0.4 is 0 Å². The molecular weight excluding hydrogens is 214 g/mol. The maximum Gasteiger partial charge on any atom is 0.110 e. The number of hydrogen-bond donors (Lipinski definition) is 0. The molecule has 1 nitrogen and oxygen atoms in total. The molecule has 3 heteroatoms. The first-order chi connectivity index (χ1) is 6.41. The fraction of sp³-hybridized carbons (Fsp3) is 1.00. The summed E-state index contributed by atoms with van der Waals surface area (Å²) in [7, 11) is 3.09. The van der Waals surface area contributed by atoms with Crippen molar-refractivity contribution in [1.82, 2.24) is 0 Å². The minimum Gasteiger partial charge on any atom is -0.332 e. The first kappa shape index (κ1) is 15.4. The van der Waals surface area contributed by atoms with Gasteiger partial charge in [-0.2, -0.15) is 0 Å². The summed E-state index contributed by atoms with van der Waals surface area (Å²) in [5.74, 6) is 0. The van der Waals surface area contributed by atoms with Crippen LogP contribution in [0.25, 0.3) is 0 Å². The number of hydrogen-bond acceptors (Lipinski definition) is 0. The van der Waals surface area contributed by atoms with Crippen molar-refractivity contribution in [2.45, 2.75) is 51.7 Å². The number of nitrogens with zero attached hydrogens (tertiary/aromatic N) is 1. The summed E-state index contributed by atoms with van der Waals surface area (Å²) in [5, 5.41) is 0. The predicted molar refractivity (Wildman–Crippen MR) is 78.0 cm³/mol. The van der Waals surface area contributed by atoms with Gasteiger partial charge in [0.2, 0.25) is 0 Å². The van der Waals surface area contributed by atoms with Gasteiger partial charge >= 0.3 is 0 Å². The van der Waals surface area contributed by atoms with Gasteiger partial charge in [-0.1, -0.05) is 45.3 Å². The average Bonchev–Trinajstić information content (AvgIpc) is 1.75. The van der Waals surface area contributed by atoms with Crippen molar-refractivity contribution >= 4 is 16.1 Å². The van der Waals surface area contributed by atoms with Crippen molar-refractivity contribution in [2.24, 2.45) is 0 Å². The molecule has 0 fully saturated rings. The highest BCUT2D eigenvalue weighted by Gasteiger charge is 2.26. The van der Waals surface area contributed by atoms with E-state index in [1.54, 1.807) is 0 Å². The monoisotopic (exact) mass is 246 g/mol. The van der Waals surface area contributed by atoms with E-state index >= 15 is 0 Å². The van der Waals surface area contributed by atoms with Crippen LogP contribution in [0.1, 0.15) is 6.42 Å². The predicted octanol–water partition coefficient (Wildman–Crippen LogP) is 3.67. The van der Waals surface area contributed by atoms with Crippen molar-refractivity contribution in [3.63, 3.8) is 0 Å². The van der Waals surface area contributed by atoms with Gasteiger partial charge in [-0.05, 0) is 6.42 Å². The smallest absolute Gasteiger partial charge is 0.110 e. The fourth-order valence-electron chi connectivity index (χ4n) is 2.40. The molecule has 0 aliphatic carbocycles. The van der Waals surface area contributed by atoms with Crippen molar-refractivity contribution in [1.29, 1.82) is 0 Å². The standard InChI is InChI=1S/C12H32NSi2/c1-13(2,12-15(6,7)8)10-9-11-14(3,4)5/h9-12H2,1-8H3/q+1. The third-order valence-electron chi connectivity index (χ3n) is 2.59. The largest absolute Gasteiger partial charge is 0.332 e. The third-order valence-corrected chi connectivity index (χ3v) is 6.25. The highest BCUT2D eigenvalue weighted by atomic mass is 28.3. The van der Waals surface area contributed by atoms with Gasteiger partial charge < -0.3 is 4.48 Å². The van der Waals surface area contributed by atoms with Crippen LogP contribution in [0.15, 0.2) is 0 Å². The fourth-order valence-corrected chi connectivity index (χ4v) is 6.35. The lowest BCUT2D eigenvalue weighted by molar-refractivity contribution is -0.880. The maximum absolute atomic E-state index is 2.48. The summed E-state index contributed by atoms with van der Waals surface area (Å²) < 4.78 is 1.24. The van der Waals surface area contributed by atoms with Crippen LogP contribution in [0.5, 0.6) is 0 Å². The van der Waals surface area contributed by atoms with E-state index in [2.05, 4.69) is 53.4 Å². The first-order valence-corrected chi connectivity index (χ1v) is 13.6. The SMILES string of the molecule is C[N+](C)(CCC[Si](C)(C)C)C[Si](C)(C)C. The van der Waals surface area contributed by atoms with Crippen LogP contribution in [-0.4, -0.2) is 47.4 Å². The Morgan fingerprint density at radius 1 is 0.800 bits per heavy atom. The van der Waals surface area contributed by atoms with Gasteiger partial charge in [0.05, 0.1) is 26.8 Å². The van der Waals surface area contributed by atoms with Crippen LogP contribution in [0.3, 0.4) is 0 Å². The molecule has 15 heavy (non-hydrogen) atoms. The lowest BCUT2D eigenvalue weighted by atomic mass is 10.4. The van der Waals surface area contributed by atoms with E-state index < -0.39 is 16.1 Å². The molecule has 0 aliphatic heterocycles. The molecule has 0 aromatic rings. The second-order valence-corrected chi connectivity index (χ2v) is 19.1. The first-order valence-electron chi connectivity index (χ1n) is 6.23. The van der Waals surface area contributed by atoms with Crippen LogP contribution in [0.4, 0.5) is 0 Å². The molecule has 0 bridgehead atoms. The summed E-state index contributed by atoms with van der Waals surface area (Å²) >= 11 is 0. The number of rotatable bonds is 6. The van der Waals surface area contributed by atoms with Crippen LogP contribution in [0, 0.1) is 0 Å². The lowest BCUT2D eigenvalue weighted by Crippen LogP contribution is -2.51. The van der Waals surface area contributed by atoms with E-state index in [0.29, 0.717) is 0 Å². The minimum absolute atomic E-state index is 0.814.